The fourth-order valence-electron chi connectivity index (χ4n) is 1.74. The van der Waals surface area contributed by atoms with Gasteiger partial charge in [-0.25, -0.2) is 0 Å². The molecule has 16 heavy (non-hydrogen) atoms. The van der Waals surface area contributed by atoms with Gasteiger partial charge in [-0.2, -0.15) is 0 Å². The van der Waals surface area contributed by atoms with E-state index in [-0.39, 0.29) is 0 Å². The summed E-state index contributed by atoms with van der Waals surface area (Å²) in [5.74, 6) is 1.46. The Kier molecular flexibility index (Phi) is 3.78. The second-order valence-corrected chi connectivity index (χ2v) is 3.91. The summed E-state index contributed by atoms with van der Waals surface area (Å²) in [7, 11) is 1.69. The monoisotopic (exact) mass is 215 g/mol. The van der Waals surface area contributed by atoms with Gasteiger partial charge in [0.2, 0.25) is 0 Å². The van der Waals surface area contributed by atoms with E-state index in [1.807, 2.05) is 12.1 Å². The molecule has 0 amide bonds. The van der Waals surface area contributed by atoms with Gasteiger partial charge in [-0.3, -0.25) is 0 Å². The van der Waals surface area contributed by atoms with Gasteiger partial charge in [-0.05, 0) is 17.7 Å². The predicted octanol–water partition coefficient (Wildman–Crippen LogP) is 2.53. The minimum Gasteiger partial charge on any atom is -0.497 e. The second kappa shape index (κ2) is 5.52. The van der Waals surface area contributed by atoms with Gasteiger partial charge < -0.3 is 10.1 Å². The van der Waals surface area contributed by atoms with Crippen molar-refractivity contribution in [3.05, 3.63) is 54.1 Å². The normalized spacial score (nSPS) is 14.6. The van der Waals surface area contributed by atoms with Crippen LogP contribution in [0.15, 0.2) is 48.6 Å². The van der Waals surface area contributed by atoms with Gasteiger partial charge in [-0.1, -0.05) is 36.4 Å². The first kappa shape index (κ1) is 11.0. The highest BCUT2D eigenvalue weighted by atomic mass is 16.5. The van der Waals surface area contributed by atoms with E-state index in [0.29, 0.717) is 5.92 Å². The van der Waals surface area contributed by atoms with Crippen LogP contribution < -0.4 is 10.1 Å². The van der Waals surface area contributed by atoms with E-state index in [1.54, 1.807) is 7.11 Å². The van der Waals surface area contributed by atoms with E-state index in [0.717, 1.165) is 18.8 Å². The zero-order valence-electron chi connectivity index (χ0n) is 9.52. The first-order valence-electron chi connectivity index (χ1n) is 5.57. The highest BCUT2D eigenvalue weighted by molar-refractivity contribution is 5.27. The predicted molar refractivity (Wildman–Crippen MR) is 66.5 cm³/mol. The topological polar surface area (TPSA) is 21.3 Å². The van der Waals surface area contributed by atoms with Crippen LogP contribution in [-0.4, -0.2) is 13.7 Å². The first-order valence-corrected chi connectivity index (χ1v) is 5.57. The summed E-state index contributed by atoms with van der Waals surface area (Å²) < 4.78 is 5.12. The van der Waals surface area contributed by atoms with Crippen LogP contribution in [0.2, 0.25) is 0 Å². The minimum absolute atomic E-state index is 0.554. The molecule has 1 aromatic carbocycles. The van der Waals surface area contributed by atoms with Crippen LogP contribution in [0.3, 0.4) is 0 Å². The Morgan fingerprint density at radius 1 is 1.12 bits per heavy atom. The van der Waals surface area contributed by atoms with Gasteiger partial charge in [0, 0.05) is 19.0 Å². The Labute approximate surface area is 96.6 Å². The summed E-state index contributed by atoms with van der Waals surface area (Å²) in [6.45, 7) is 1.90. The number of hydrogen-bond donors (Lipinski definition) is 1. The van der Waals surface area contributed by atoms with E-state index in [9.17, 15) is 0 Å². The Hall–Kier alpha value is -1.54. The summed E-state index contributed by atoms with van der Waals surface area (Å²) in [6, 6.07) is 8.16. The van der Waals surface area contributed by atoms with Gasteiger partial charge >= 0.3 is 0 Å². The number of nitrogens with one attached hydrogen (secondary N) is 1. The zero-order valence-corrected chi connectivity index (χ0v) is 9.52. The SMILES string of the molecule is COc1ccc(CNCC2C=CC=C2)cc1. The second-order valence-electron chi connectivity index (χ2n) is 3.91. The zero-order chi connectivity index (χ0) is 11.2. The van der Waals surface area contributed by atoms with E-state index < -0.39 is 0 Å². The summed E-state index contributed by atoms with van der Waals surface area (Å²) in [5, 5.41) is 3.44. The Morgan fingerprint density at radius 3 is 2.44 bits per heavy atom. The molecule has 0 saturated heterocycles. The number of methoxy groups -OCH3 is 1. The van der Waals surface area contributed by atoms with Crippen LogP contribution in [0.1, 0.15) is 5.56 Å². The third kappa shape index (κ3) is 2.97. The van der Waals surface area contributed by atoms with Crippen LogP contribution >= 0.6 is 0 Å². The molecule has 1 aliphatic rings. The molecule has 0 unspecified atom stereocenters. The molecule has 0 aromatic heterocycles. The Morgan fingerprint density at radius 2 is 1.81 bits per heavy atom. The molecule has 1 aliphatic carbocycles. The molecule has 0 aliphatic heterocycles. The molecule has 0 spiro atoms. The lowest BCUT2D eigenvalue weighted by molar-refractivity contribution is 0.414. The maximum absolute atomic E-state index is 5.12. The molecule has 0 radical (unpaired) electrons. The van der Waals surface area contributed by atoms with Crippen molar-refractivity contribution in [3.8, 4) is 5.75 Å². The highest BCUT2D eigenvalue weighted by Gasteiger charge is 2.02. The lowest BCUT2D eigenvalue weighted by Crippen LogP contribution is -2.19. The van der Waals surface area contributed by atoms with Crippen LogP contribution in [0.5, 0.6) is 5.75 Å². The van der Waals surface area contributed by atoms with Crippen molar-refractivity contribution in [2.75, 3.05) is 13.7 Å². The smallest absolute Gasteiger partial charge is 0.118 e. The summed E-state index contributed by atoms with van der Waals surface area (Å²) in [4.78, 5) is 0. The van der Waals surface area contributed by atoms with Crippen LogP contribution in [0, 0.1) is 5.92 Å². The van der Waals surface area contributed by atoms with Crippen molar-refractivity contribution in [2.45, 2.75) is 6.54 Å². The maximum atomic E-state index is 5.12. The van der Waals surface area contributed by atoms with Gasteiger partial charge in [0.15, 0.2) is 0 Å². The van der Waals surface area contributed by atoms with E-state index in [2.05, 4.69) is 41.8 Å². The fourth-order valence-corrected chi connectivity index (χ4v) is 1.74. The summed E-state index contributed by atoms with van der Waals surface area (Å²) in [5.41, 5.74) is 1.28. The molecule has 2 rings (SSSR count). The third-order valence-corrected chi connectivity index (χ3v) is 2.70. The van der Waals surface area contributed by atoms with E-state index in [1.165, 1.54) is 5.56 Å². The lowest BCUT2D eigenvalue weighted by Gasteiger charge is -2.08. The third-order valence-electron chi connectivity index (χ3n) is 2.70. The van der Waals surface area contributed by atoms with Crippen LogP contribution in [-0.2, 0) is 6.54 Å². The lowest BCUT2D eigenvalue weighted by atomic mass is 10.1. The molecule has 2 heteroatoms. The summed E-state index contributed by atoms with van der Waals surface area (Å²) in [6.07, 6.45) is 8.61. The van der Waals surface area contributed by atoms with Gasteiger partial charge in [0.25, 0.3) is 0 Å². The molecule has 84 valence electrons. The molecule has 0 bridgehead atoms. The molecule has 1 N–H and O–H groups in total. The quantitative estimate of drug-likeness (QED) is 0.815. The number of ether oxygens (including phenoxy) is 1. The van der Waals surface area contributed by atoms with Gasteiger partial charge in [0.05, 0.1) is 7.11 Å². The van der Waals surface area contributed by atoms with Crippen LogP contribution in [0.25, 0.3) is 0 Å². The Bertz CT molecular complexity index is 366. The average molecular weight is 215 g/mol. The molecule has 1 aromatic rings. The van der Waals surface area contributed by atoms with E-state index >= 15 is 0 Å². The number of benzene rings is 1. The first-order chi connectivity index (χ1) is 7.88. The standard InChI is InChI=1S/C14H17NO/c1-16-14-8-6-13(7-9-14)11-15-10-12-4-2-3-5-12/h2-9,12,15H,10-11H2,1H3. The molecular weight excluding hydrogens is 198 g/mol. The van der Waals surface area contributed by atoms with Crippen molar-refractivity contribution in [1.82, 2.24) is 5.32 Å². The van der Waals surface area contributed by atoms with Crippen molar-refractivity contribution in [1.29, 1.82) is 0 Å². The molecule has 0 atom stereocenters. The average Bonchev–Trinajstić information content (AvgIpc) is 2.83. The molecular formula is C14H17NO. The Balaban J connectivity index is 1.76. The molecule has 0 heterocycles. The van der Waals surface area contributed by atoms with Crippen molar-refractivity contribution in [3.63, 3.8) is 0 Å². The highest BCUT2D eigenvalue weighted by Crippen LogP contribution is 2.11. The maximum Gasteiger partial charge on any atom is 0.118 e. The fraction of sp³-hybridized carbons (Fsp3) is 0.286. The number of rotatable bonds is 5. The van der Waals surface area contributed by atoms with E-state index in [4.69, 9.17) is 4.74 Å². The van der Waals surface area contributed by atoms with Gasteiger partial charge in [0.1, 0.15) is 5.75 Å². The minimum atomic E-state index is 0.554. The van der Waals surface area contributed by atoms with Crippen molar-refractivity contribution < 1.29 is 4.74 Å². The van der Waals surface area contributed by atoms with Gasteiger partial charge in [-0.15, -0.1) is 0 Å². The number of allylic oxidation sites excluding steroid dienone is 2. The molecule has 0 fully saturated rings. The summed E-state index contributed by atoms with van der Waals surface area (Å²) >= 11 is 0. The molecule has 2 nitrogen and oxygen atoms in total. The van der Waals surface area contributed by atoms with Crippen molar-refractivity contribution >= 4 is 0 Å². The largest absolute Gasteiger partial charge is 0.497 e. The van der Waals surface area contributed by atoms with Crippen molar-refractivity contribution in [2.24, 2.45) is 5.92 Å². The number of hydrogen-bond acceptors (Lipinski definition) is 2. The van der Waals surface area contributed by atoms with Crippen LogP contribution in [0.4, 0.5) is 0 Å². The molecule has 0 saturated carbocycles.